The van der Waals surface area contributed by atoms with Crippen molar-refractivity contribution in [1.29, 1.82) is 0 Å². The third-order valence-corrected chi connectivity index (χ3v) is 8.64. The number of sulfone groups is 1. The van der Waals surface area contributed by atoms with Crippen LogP contribution in [0.15, 0.2) is 28.5 Å². The SMILES string of the molecule is O=C(OCCCN1CCOCC1)c1ccc(CS(=O)(=O)c2cc(Cl)c(Cl)s2)cc1O. The summed E-state index contributed by atoms with van der Waals surface area (Å²) in [4.78, 5) is 14.4. The minimum Gasteiger partial charge on any atom is -0.507 e. The number of ether oxygens (including phenoxy) is 2. The number of halogens is 2. The Hall–Kier alpha value is -1.36. The summed E-state index contributed by atoms with van der Waals surface area (Å²) in [6.07, 6.45) is 0.675. The summed E-state index contributed by atoms with van der Waals surface area (Å²) in [6, 6.07) is 5.38. The van der Waals surface area contributed by atoms with Gasteiger partial charge >= 0.3 is 5.97 Å². The maximum Gasteiger partial charge on any atom is 0.341 e. The standard InChI is InChI=1S/C19H21Cl2NO6S2/c20-15-11-17(29-18(15)21)30(25,26)12-13-2-3-14(16(23)10-13)19(24)28-7-1-4-22-5-8-27-9-6-22/h2-3,10-11,23H,1,4-9,12H2. The number of nitrogens with zero attached hydrogens (tertiary/aromatic N) is 1. The lowest BCUT2D eigenvalue weighted by molar-refractivity contribution is 0.0297. The number of esters is 1. The van der Waals surface area contributed by atoms with Crippen molar-refractivity contribution in [2.75, 3.05) is 39.5 Å². The first-order valence-corrected chi connectivity index (χ1v) is 12.5. The fraction of sp³-hybridized carbons (Fsp3) is 0.421. The molecule has 164 valence electrons. The summed E-state index contributed by atoms with van der Waals surface area (Å²) in [5, 5.41) is 10.4. The molecule has 0 amide bonds. The molecule has 3 rings (SSSR count). The zero-order valence-electron chi connectivity index (χ0n) is 16.0. The van der Waals surface area contributed by atoms with Crippen molar-refractivity contribution in [1.82, 2.24) is 4.90 Å². The number of thiophene rings is 1. The number of phenolic OH excluding ortho intramolecular Hbond substituents is 1. The number of carbonyl (C=O) groups excluding carboxylic acids is 1. The van der Waals surface area contributed by atoms with Gasteiger partial charge in [-0.05, 0) is 30.2 Å². The molecule has 0 saturated carbocycles. The van der Waals surface area contributed by atoms with Gasteiger partial charge in [-0.3, -0.25) is 4.90 Å². The second-order valence-corrected chi connectivity index (χ2v) is 11.0. The topological polar surface area (TPSA) is 93.1 Å². The maximum absolute atomic E-state index is 12.5. The van der Waals surface area contributed by atoms with E-state index in [1.54, 1.807) is 0 Å². The summed E-state index contributed by atoms with van der Waals surface area (Å²) >= 11 is 12.5. The molecule has 0 atom stereocenters. The van der Waals surface area contributed by atoms with Crippen LogP contribution in [-0.4, -0.2) is 63.8 Å². The Bertz CT molecular complexity index is 983. The number of phenols is 1. The molecule has 0 bridgehead atoms. The van der Waals surface area contributed by atoms with Gasteiger partial charge in [-0.15, -0.1) is 11.3 Å². The molecule has 7 nitrogen and oxygen atoms in total. The molecule has 2 heterocycles. The lowest BCUT2D eigenvalue weighted by Gasteiger charge is -2.26. The maximum atomic E-state index is 12.5. The Labute approximate surface area is 189 Å². The van der Waals surface area contributed by atoms with Crippen molar-refractivity contribution < 1.29 is 27.8 Å². The van der Waals surface area contributed by atoms with Gasteiger partial charge < -0.3 is 14.6 Å². The lowest BCUT2D eigenvalue weighted by atomic mass is 10.1. The summed E-state index contributed by atoms with van der Waals surface area (Å²) in [5.41, 5.74) is 0.321. The molecule has 1 aromatic heterocycles. The molecule has 1 aromatic carbocycles. The van der Waals surface area contributed by atoms with Gasteiger partial charge in [0.2, 0.25) is 0 Å². The van der Waals surface area contributed by atoms with E-state index in [2.05, 4.69) is 4.90 Å². The first-order chi connectivity index (χ1) is 14.3. The van der Waals surface area contributed by atoms with Crippen LogP contribution in [0.25, 0.3) is 0 Å². The van der Waals surface area contributed by atoms with Crippen LogP contribution in [0.1, 0.15) is 22.3 Å². The Balaban J connectivity index is 1.55. The molecular weight excluding hydrogens is 473 g/mol. The summed E-state index contributed by atoms with van der Waals surface area (Å²) in [5.74, 6) is -1.34. The van der Waals surface area contributed by atoms with Crippen LogP contribution in [0.3, 0.4) is 0 Å². The third kappa shape index (κ3) is 6.09. The van der Waals surface area contributed by atoms with E-state index in [0.717, 1.165) is 31.0 Å². The zero-order valence-corrected chi connectivity index (χ0v) is 19.1. The minimum absolute atomic E-state index is 0.00951. The van der Waals surface area contributed by atoms with E-state index in [9.17, 15) is 18.3 Å². The summed E-state index contributed by atoms with van der Waals surface area (Å²) < 4.78 is 35.8. The van der Waals surface area contributed by atoms with Gasteiger partial charge in [0.05, 0.1) is 30.6 Å². The highest BCUT2D eigenvalue weighted by Gasteiger charge is 2.21. The molecular formula is C19H21Cl2NO6S2. The van der Waals surface area contributed by atoms with E-state index in [4.69, 9.17) is 32.7 Å². The lowest BCUT2D eigenvalue weighted by Crippen LogP contribution is -2.37. The normalized spacial score (nSPS) is 15.3. The van der Waals surface area contributed by atoms with Crippen molar-refractivity contribution in [3.8, 4) is 5.75 Å². The Morgan fingerprint density at radius 1 is 1.23 bits per heavy atom. The summed E-state index contributed by atoms with van der Waals surface area (Å²) in [7, 11) is -3.68. The molecule has 1 N–H and O–H groups in total. The van der Waals surface area contributed by atoms with E-state index >= 15 is 0 Å². The van der Waals surface area contributed by atoms with Crippen molar-refractivity contribution >= 4 is 50.3 Å². The van der Waals surface area contributed by atoms with Crippen LogP contribution in [0, 0.1) is 0 Å². The van der Waals surface area contributed by atoms with Gasteiger partial charge in [0, 0.05) is 19.6 Å². The number of morpholine rings is 1. The van der Waals surface area contributed by atoms with Crippen LogP contribution in [-0.2, 0) is 25.1 Å². The van der Waals surface area contributed by atoms with Crippen LogP contribution in [0.2, 0.25) is 9.36 Å². The fourth-order valence-corrected chi connectivity index (χ4v) is 6.26. The molecule has 30 heavy (non-hydrogen) atoms. The molecule has 0 aliphatic carbocycles. The predicted octanol–water partition coefficient (Wildman–Crippen LogP) is 3.61. The minimum atomic E-state index is -3.68. The largest absolute Gasteiger partial charge is 0.507 e. The van der Waals surface area contributed by atoms with Gasteiger partial charge in [-0.25, -0.2) is 13.2 Å². The second-order valence-electron chi connectivity index (χ2n) is 6.74. The summed E-state index contributed by atoms with van der Waals surface area (Å²) in [6.45, 7) is 4.18. The Morgan fingerprint density at radius 3 is 2.60 bits per heavy atom. The molecule has 0 unspecified atom stereocenters. The van der Waals surface area contributed by atoms with Crippen molar-refractivity contribution in [2.24, 2.45) is 0 Å². The number of carbonyl (C=O) groups is 1. The Kier molecular flexibility index (Phi) is 8.00. The van der Waals surface area contributed by atoms with Gasteiger partial charge in [0.15, 0.2) is 9.84 Å². The molecule has 11 heteroatoms. The van der Waals surface area contributed by atoms with Crippen LogP contribution < -0.4 is 0 Å². The first-order valence-electron chi connectivity index (χ1n) is 9.23. The van der Waals surface area contributed by atoms with Gasteiger partial charge in [-0.1, -0.05) is 29.3 Å². The molecule has 1 saturated heterocycles. The molecule has 1 aliphatic rings. The molecule has 1 fully saturated rings. The molecule has 0 radical (unpaired) electrons. The quantitative estimate of drug-likeness (QED) is 0.443. The number of aromatic hydroxyl groups is 1. The van der Waals surface area contributed by atoms with Crippen molar-refractivity contribution in [3.05, 3.63) is 44.8 Å². The highest BCUT2D eigenvalue weighted by Crippen LogP contribution is 2.36. The van der Waals surface area contributed by atoms with Crippen molar-refractivity contribution in [2.45, 2.75) is 16.4 Å². The number of hydrogen-bond donors (Lipinski definition) is 1. The second kappa shape index (κ2) is 10.3. The average molecular weight is 494 g/mol. The smallest absolute Gasteiger partial charge is 0.341 e. The zero-order chi connectivity index (χ0) is 21.7. The third-order valence-electron chi connectivity index (χ3n) is 4.52. The van der Waals surface area contributed by atoms with Crippen molar-refractivity contribution in [3.63, 3.8) is 0 Å². The van der Waals surface area contributed by atoms with E-state index < -0.39 is 15.8 Å². The molecule has 0 spiro atoms. The fourth-order valence-electron chi connectivity index (χ4n) is 2.97. The highest BCUT2D eigenvalue weighted by atomic mass is 35.5. The van der Waals surface area contributed by atoms with Crippen LogP contribution in [0.4, 0.5) is 0 Å². The van der Waals surface area contributed by atoms with Gasteiger partial charge in [0.25, 0.3) is 0 Å². The molecule has 2 aromatic rings. The predicted molar refractivity (Wildman–Crippen MR) is 115 cm³/mol. The average Bonchev–Trinajstić information content (AvgIpc) is 3.05. The van der Waals surface area contributed by atoms with Crippen LogP contribution in [0.5, 0.6) is 5.75 Å². The first kappa shape index (κ1) is 23.3. The number of rotatable bonds is 8. The van der Waals surface area contributed by atoms with E-state index in [1.165, 1.54) is 24.3 Å². The monoisotopic (exact) mass is 493 g/mol. The van der Waals surface area contributed by atoms with Gasteiger partial charge in [-0.2, -0.15) is 0 Å². The van der Waals surface area contributed by atoms with Gasteiger partial charge in [0.1, 0.15) is 19.9 Å². The van der Waals surface area contributed by atoms with E-state index in [1.807, 2.05) is 0 Å². The van der Waals surface area contributed by atoms with E-state index in [0.29, 0.717) is 25.2 Å². The van der Waals surface area contributed by atoms with E-state index in [-0.39, 0.29) is 37.2 Å². The Morgan fingerprint density at radius 2 is 1.97 bits per heavy atom. The highest BCUT2D eigenvalue weighted by molar-refractivity contribution is 7.92. The van der Waals surface area contributed by atoms with Crippen LogP contribution >= 0.6 is 34.5 Å². The molecule has 1 aliphatic heterocycles. The number of hydrogen-bond acceptors (Lipinski definition) is 8. The number of benzene rings is 1.